The first-order valence-corrected chi connectivity index (χ1v) is 11.4. The topological polar surface area (TPSA) is 70.6 Å². The van der Waals surface area contributed by atoms with E-state index in [1.54, 1.807) is 7.11 Å². The Labute approximate surface area is 186 Å². The predicted molar refractivity (Wildman–Crippen MR) is 124 cm³/mol. The molecule has 31 heavy (non-hydrogen) atoms. The van der Waals surface area contributed by atoms with Crippen LogP contribution in [0.4, 0.5) is 0 Å². The van der Waals surface area contributed by atoms with E-state index in [9.17, 15) is 4.79 Å². The van der Waals surface area contributed by atoms with Gasteiger partial charge in [0.25, 0.3) is 0 Å². The number of methoxy groups -OCH3 is 1. The van der Waals surface area contributed by atoms with E-state index in [1.165, 1.54) is 17.5 Å². The van der Waals surface area contributed by atoms with E-state index in [1.807, 2.05) is 18.2 Å². The first-order chi connectivity index (χ1) is 15.0. The van der Waals surface area contributed by atoms with Crippen molar-refractivity contribution in [3.05, 3.63) is 65.7 Å². The molecule has 0 bridgehead atoms. The molecule has 0 radical (unpaired) electrons. The monoisotopic (exact) mass is 424 g/mol. The van der Waals surface area contributed by atoms with Crippen LogP contribution in [0.5, 0.6) is 5.75 Å². The van der Waals surface area contributed by atoms with Gasteiger partial charge in [0, 0.05) is 31.1 Å². The second-order valence-electron chi connectivity index (χ2n) is 8.70. The molecule has 168 valence electrons. The number of aliphatic carboxylic acids is 1. The Balaban J connectivity index is 1.63. The SMILES string of the molecule is COc1ccc(C(CN[C@@H]2CCC[C@H](CCC(=O)O)C2)NC(C)c2ccccc2)cc1. The van der Waals surface area contributed by atoms with E-state index in [0.717, 1.165) is 38.0 Å². The molecule has 2 aromatic rings. The lowest BCUT2D eigenvalue weighted by atomic mass is 9.83. The number of hydrogen-bond donors (Lipinski definition) is 3. The van der Waals surface area contributed by atoms with E-state index in [0.29, 0.717) is 12.0 Å². The van der Waals surface area contributed by atoms with E-state index >= 15 is 0 Å². The zero-order valence-corrected chi connectivity index (χ0v) is 18.7. The highest BCUT2D eigenvalue weighted by Crippen LogP contribution is 2.29. The van der Waals surface area contributed by atoms with Gasteiger partial charge in [-0.2, -0.15) is 0 Å². The van der Waals surface area contributed by atoms with Crippen LogP contribution in [0.2, 0.25) is 0 Å². The second kappa shape index (κ2) is 11.9. The smallest absolute Gasteiger partial charge is 0.303 e. The van der Waals surface area contributed by atoms with E-state index in [-0.39, 0.29) is 18.5 Å². The number of carboxylic acids is 1. The van der Waals surface area contributed by atoms with Crippen LogP contribution in [0.3, 0.4) is 0 Å². The summed E-state index contributed by atoms with van der Waals surface area (Å²) in [5.74, 6) is 0.687. The Bertz CT molecular complexity index is 794. The van der Waals surface area contributed by atoms with Gasteiger partial charge in [-0.25, -0.2) is 0 Å². The van der Waals surface area contributed by atoms with Gasteiger partial charge in [0.15, 0.2) is 0 Å². The number of benzene rings is 2. The van der Waals surface area contributed by atoms with Gasteiger partial charge in [0.1, 0.15) is 5.75 Å². The first kappa shape index (κ1) is 23.3. The molecule has 1 fully saturated rings. The molecule has 1 aliphatic rings. The Morgan fingerprint density at radius 2 is 1.84 bits per heavy atom. The minimum absolute atomic E-state index is 0.167. The minimum atomic E-state index is -0.686. The van der Waals surface area contributed by atoms with Gasteiger partial charge in [-0.05, 0) is 55.4 Å². The van der Waals surface area contributed by atoms with Crippen LogP contribution >= 0.6 is 0 Å². The number of rotatable bonds is 11. The Hall–Kier alpha value is -2.37. The van der Waals surface area contributed by atoms with Gasteiger partial charge in [-0.1, -0.05) is 55.3 Å². The molecule has 0 aromatic heterocycles. The standard InChI is InChI=1S/C26H36N2O3/c1-19(21-8-4-3-5-9-21)28-25(22-12-14-24(31-2)15-13-22)18-27-23-10-6-7-20(17-23)11-16-26(29)30/h3-5,8-9,12-15,19-20,23,25,27-28H,6-7,10-11,16-18H2,1-2H3,(H,29,30)/t19?,20-,23-,25?/m1/s1. The van der Waals surface area contributed by atoms with Crippen molar-refractivity contribution >= 4 is 5.97 Å². The van der Waals surface area contributed by atoms with Crippen molar-refractivity contribution in [1.82, 2.24) is 10.6 Å². The van der Waals surface area contributed by atoms with Crippen molar-refractivity contribution in [1.29, 1.82) is 0 Å². The molecule has 0 aliphatic heterocycles. The van der Waals surface area contributed by atoms with E-state index in [4.69, 9.17) is 9.84 Å². The Morgan fingerprint density at radius 3 is 2.52 bits per heavy atom. The third-order valence-electron chi connectivity index (χ3n) is 6.43. The summed E-state index contributed by atoms with van der Waals surface area (Å²) in [4.78, 5) is 10.9. The summed E-state index contributed by atoms with van der Waals surface area (Å²) in [6.45, 7) is 3.04. The Kier molecular flexibility index (Phi) is 8.92. The van der Waals surface area contributed by atoms with Crippen LogP contribution < -0.4 is 15.4 Å². The summed E-state index contributed by atoms with van der Waals surface area (Å²) in [6, 6.07) is 19.6. The maximum atomic E-state index is 10.9. The van der Waals surface area contributed by atoms with Crippen molar-refractivity contribution in [2.45, 2.75) is 63.6 Å². The van der Waals surface area contributed by atoms with Gasteiger partial charge < -0.3 is 20.5 Å². The molecule has 0 heterocycles. The van der Waals surface area contributed by atoms with Crippen LogP contribution in [-0.2, 0) is 4.79 Å². The average molecular weight is 425 g/mol. The lowest BCUT2D eigenvalue weighted by Gasteiger charge is -2.32. The van der Waals surface area contributed by atoms with Gasteiger partial charge in [0.05, 0.1) is 7.11 Å². The highest BCUT2D eigenvalue weighted by atomic mass is 16.5. The molecule has 0 spiro atoms. The molecule has 3 N–H and O–H groups in total. The van der Waals surface area contributed by atoms with Crippen LogP contribution in [0.25, 0.3) is 0 Å². The molecule has 2 aromatic carbocycles. The van der Waals surface area contributed by atoms with Crippen LogP contribution in [0.15, 0.2) is 54.6 Å². The molecular formula is C26H36N2O3. The number of ether oxygens (including phenoxy) is 1. The minimum Gasteiger partial charge on any atom is -0.497 e. The van der Waals surface area contributed by atoms with Crippen LogP contribution in [0.1, 0.15) is 68.7 Å². The Morgan fingerprint density at radius 1 is 1.10 bits per heavy atom. The third-order valence-corrected chi connectivity index (χ3v) is 6.43. The zero-order valence-electron chi connectivity index (χ0n) is 18.7. The summed E-state index contributed by atoms with van der Waals surface area (Å²) in [7, 11) is 1.69. The summed E-state index contributed by atoms with van der Waals surface area (Å²) in [5, 5.41) is 16.6. The van der Waals surface area contributed by atoms with Crippen molar-refractivity contribution in [3.8, 4) is 5.75 Å². The summed E-state index contributed by atoms with van der Waals surface area (Å²) < 4.78 is 5.33. The number of carboxylic acid groups (broad SMARTS) is 1. The molecule has 1 saturated carbocycles. The first-order valence-electron chi connectivity index (χ1n) is 11.4. The molecule has 2 unspecified atom stereocenters. The highest BCUT2D eigenvalue weighted by molar-refractivity contribution is 5.66. The normalized spacial score (nSPS) is 20.7. The fourth-order valence-electron chi connectivity index (χ4n) is 4.60. The fraction of sp³-hybridized carbons (Fsp3) is 0.500. The lowest BCUT2D eigenvalue weighted by Crippen LogP contribution is -2.40. The third kappa shape index (κ3) is 7.37. The van der Waals surface area contributed by atoms with Crippen molar-refractivity contribution in [3.63, 3.8) is 0 Å². The largest absolute Gasteiger partial charge is 0.497 e. The van der Waals surface area contributed by atoms with Gasteiger partial charge in [-0.3, -0.25) is 4.79 Å². The predicted octanol–water partition coefficient (Wildman–Crippen LogP) is 5.10. The molecule has 0 saturated heterocycles. The van der Waals surface area contributed by atoms with Gasteiger partial charge >= 0.3 is 5.97 Å². The molecule has 5 heteroatoms. The highest BCUT2D eigenvalue weighted by Gasteiger charge is 2.24. The molecule has 1 aliphatic carbocycles. The van der Waals surface area contributed by atoms with E-state index in [2.05, 4.69) is 54.0 Å². The maximum Gasteiger partial charge on any atom is 0.303 e. The zero-order chi connectivity index (χ0) is 22.1. The van der Waals surface area contributed by atoms with Crippen molar-refractivity contribution in [2.24, 2.45) is 5.92 Å². The van der Waals surface area contributed by atoms with E-state index < -0.39 is 5.97 Å². The van der Waals surface area contributed by atoms with Crippen molar-refractivity contribution < 1.29 is 14.6 Å². The number of nitrogens with one attached hydrogen (secondary N) is 2. The van der Waals surface area contributed by atoms with Gasteiger partial charge in [0.2, 0.25) is 0 Å². The fourth-order valence-corrected chi connectivity index (χ4v) is 4.60. The maximum absolute atomic E-state index is 10.9. The lowest BCUT2D eigenvalue weighted by molar-refractivity contribution is -0.137. The summed E-state index contributed by atoms with van der Waals surface area (Å²) in [5.41, 5.74) is 2.50. The average Bonchev–Trinajstić information content (AvgIpc) is 2.81. The van der Waals surface area contributed by atoms with Crippen molar-refractivity contribution in [2.75, 3.05) is 13.7 Å². The summed E-state index contributed by atoms with van der Waals surface area (Å²) >= 11 is 0. The molecule has 3 rings (SSSR count). The molecule has 0 amide bonds. The number of carbonyl (C=O) groups is 1. The summed E-state index contributed by atoms with van der Waals surface area (Å²) in [6.07, 6.45) is 5.62. The van der Waals surface area contributed by atoms with Crippen LogP contribution in [-0.4, -0.2) is 30.8 Å². The number of hydrogen-bond acceptors (Lipinski definition) is 4. The van der Waals surface area contributed by atoms with Crippen LogP contribution in [0, 0.1) is 5.92 Å². The molecule has 4 atom stereocenters. The van der Waals surface area contributed by atoms with Gasteiger partial charge in [-0.15, -0.1) is 0 Å². The second-order valence-corrected chi connectivity index (χ2v) is 8.70. The molecule has 5 nitrogen and oxygen atoms in total. The molecular weight excluding hydrogens is 388 g/mol. The quantitative estimate of drug-likeness (QED) is 0.468.